The molecule has 116 valence electrons. The Hall–Kier alpha value is -2.08. The summed E-state index contributed by atoms with van der Waals surface area (Å²) in [5.74, 6) is 0.324. The molecule has 0 heterocycles. The molecule has 3 N–H and O–H groups in total. The fourth-order valence-electron chi connectivity index (χ4n) is 1.52. The monoisotopic (exact) mass is 293 g/mol. The van der Waals surface area contributed by atoms with Crippen LogP contribution in [0.2, 0.25) is 0 Å². The molecule has 0 spiro atoms. The van der Waals surface area contributed by atoms with Crippen LogP contribution in [-0.4, -0.2) is 43.5 Å². The summed E-state index contributed by atoms with van der Waals surface area (Å²) in [6.45, 7) is 1.83. The van der Waals surface area contributed by atoms with Gasteiger partial charge in [-0.3, -0.25) is 9.59 Å². The van der Waals surface area contributed by atoms with E-state index in [4.69, 9.17) is 10.5 Å². The van der Waals surface area contributed by atoms with Crippen LogP contribution in [0, 0.1) is 0 Å². The van der Waals surface area contributed by atoms with Gasteiger partial charge in [-0.05, 0) is 25.5 Å². The van der Waals surface area contributed by atoms with Gasteiger partial charge in [-0.15, -0.1) is 0 Å². The van der Waals surface area contributed by atoms with Crippen molar-refractivity contribution in [2.24, 2.45) is 5.73 Å². The summed E-state index contributed by atoms with van der Waals surface area (Å²) in [7, 11) is 3.33. The molecule has 21 heavy (non-hydrogen) atoms. The van der Waals surface area contributed by atoms with Crippen molar-refractivity contribution in [1.82, 2.24) is 4.90 Å². The standard InChI is InChI=1S/C15H23N3O3/c1-11(16)7-8-14(19)17-12-5-4-6-13(9-12)21-10-15(20)18(2)3/h4-6,9,11H,7-8,10,16H2,1-3H3,(H,17,19). The van der Waals surface area contributed by atoms with Crippen molar-refractivity contribution < 1.29 is 14.3 Å². The Bertz CT molecular complexity index is 487. The Morgan fingerprint density at radius 3 is 2.71 bits per heavy atom. The predicted molar refractivity (Wildman–Crippen MR) is 82.1 cm³/mol. The molecule has 2 amide bonds. The summed E-state index contributed by atoms with van der Waals surface area (Å²) < 4.78 is 5.39. The second kappa shape index (κ2) is 8.26. The number of benzene rings is 1. The van der Waals surface area contributed by atoms with E-state index in [2.05, 4.69) is 5.32 Å². The second-order valence-corrected chi connectivity index (χ2v) is 5.17. The van der Waals surface area contributed by atoms with Gasteiger partial charge in [0.25, 0.3) is 5.91 Å². The van der Waals surface area contributed by atoms with Crippen LogP contribution in [0.1, 0.15) is 19.8 Å². The van der Waals surface area contributed by atoms with Gasteiger partial charge in [0.1, 0.15) is 5.75 Å². The minimum Gasteiger partial charge on any atom is -0.484 e. The van der Waals surface area contributed by atoms with E-state index in [0.717, 1.165) is 0 Å². The Balaban J connectivity index is 2.52. The van der Waals surface area contributed by atoms with E-state index in [-0.39, 0.29) is 24.5 Å². The summed E-state index contributed by atoms with van der Waals surface area (Å²) >= 11 is 0. The number of nitrogens with zero attached hydrogens (tertiary/aromatic N) is 1. The van der Waals surface area contributed by atoms with E-state index in [1.54, 1.807) is 38.4 Å². The zero-order valence-electron chi connectivity index (χ0n) is 12.8. The van der Waals surface area contributed by atoms with Crippen LogP contribution >= 0.6 is 0 Å². The average molecular weight is 293 g/mol. The molecule has 1 aromatic carbocycles. The van der Waals surface area contributed by atoms with Gasteiger partial charge in [-0.1, -0.05) is 6.07 Å². The molecule has 1 atom stereocenters. The lowest BCUT2D eigenvalue weighted by Gasteiger charge is -2.12. The molecule has 6 heteroatoms. The van der Waals surface area contributed by atoms with Gasteiger partial charge < -0.3 is 20.7 Å². The van der Waals surface area contributed by atoms with Crippen molar-refractivity contribution in [1.29, 1.82) is 0 Å². The van der Waals surface area contributed by atoms with Crippen molar-refractivity contribution in [2.75, 3.05) is 26.0 Å². The number of hydrogen-bond donors (Lipinski definition) is 2. The fourth-order valence-corrected chi connectivity index (χ4v) is 1.52. The number of carbonyl (C=O) groups excluding carboxylic acids is 2. The molecule has 0 aromatic heterocycles. The van der Waals surface area contributed by atoms with E-state index < -0.39 is 0 Å². The molecule has 0 radical (unpaired) electrons. The van der Waals surface area contributed by atoms with Crippen molar-refractivity contribution in [3.05, 3.63) is 24.3 Å². The van der Waals surface area contributed by atoms with E-state index in [1.807, 2.05) is 6.92 Å². The molecule has 1 aromatic rings. The maximum atomic E-state index is 11.7. The number of likely N-dealkylation sites (N-methyl/N-ethyl adjacent to an activating group) is 1. The van der Waals surface area contributed by atoms with Crippen LogP contribution in [0.3, 0.4) is 0 Å². The maximum Gasteiger partial charge on any atom is 0.259 e. The number of rotatable bonds is 7. The van der Waals surface area contributed by atoms with E-state index in [1.165, 1.54) is 4.90 Å². The second-order valence-electron chi connectivity index (χ2n) is 5.17. The molecule has 0 saturated heterocycles. The molecule has 6 nitrogen and oxygen atoms in total. The summed E-state index contributed by atoms with van der Waals surface area (Å²) in [5.41, 5.74) is 6.25. The summed E-state index contributed by atoms with van der Waals surface area (Å²) in [5, 5.41) is 2.78. The van der Waals surface area contributed by atoms with Gasteiger partial charge in [0.2, 0.25) is 5.91 Å². The zero-order chi connectivity index (χ0) is 15.8. The highest BCUT2D eigenvalue weighted by atomic mass is 16.5. The van der Waals surface area contributed by atoms with Crippen LogP contribution in [0.25, 0.3) is 0 Å². The van der Waals surface area contributed by atoms with Gasteiger partial charge in [-0.25, -0.2) is 0 Å². The van der Waals surface area contributed by atoms with Crippen molar-refractivity contribution in [3.63, 3.8) is 0 Å². The highest BCUT2D eigenvalue weighted by Crippen LogP contribution is 2.17. The van der Waals surface area contributed by atoms with Gasteiger partial charge in [0, 0.05) is 38.3 Å². The van der Waals surface area contributed by atoms with E-state index in [0.29, 0.717) is 24.3 Å². The first-order valence-electron chi connectivity index (χ1n) is 6.87. The smallest absolute Gasteiger partial charge is 0.259 e. The lowest BCUT2D eigenvalue weighted by Crippen LogP contribution is -2.27. The summed E-state index contributed by atoms with van der Waals surface area (Å²) in [4.78, 5) is 24.6. The van der Waals surface area contributed by atoms with Gasteiger partial charge in [0.05, 0.1) is 0 Å². The van der Waals surface area contributed by atoms with Crippen LogP contribution in [0.4, 0.5) is 5.69 Å². The minimum atomic E-state index is -0.124. The first-order chi connectivity index (χ1) is 9.88. The zero-order valence-corrected chi connectivity index (χ0v) is 12.8. The average Bonchev–Trinajstić information content (AvgIpc) is 2.42. The van der Waals surface area contributed by atoms with Crippen molar-refractivity contribution >= 4 is 17.5 Å². The largest absolute Gasteiger partial charge is 0.484 e. The first-order valence-corrected chi connectivity index (χ1v) is 6.87. The number of anilines is 1. The summed E-state index contributed by atoms with van der Waals surface area (Å²) in [6, 6.07) is 6.95. The molecule has 0 aliphatic rings. The highest BCUT2D eigenvalue weighted by Gasteiger charge is 2.07. The highest BCUT2D eigenvalue weighted by molar-refractivity contribution is 5.90. The first kappa shape index (κ1) is 17.0. The van der Waals surface area contributed by atoms with Crippen molar-refractivity contribution in [3.8, 4) is 5.75 Å². The van der Waals surface area contributed by atoms with E-state index >= 15 is 0 Å². The molecule has 0 aliphatic carbocycles. The maximum absolute atomic E-state index is 11.7. The number of ether oxygens (including phenoxy) is 1. The number of amides is 2. The molecule has 0 saturated carbocycles. The van der Waals surface area contributed by atoms with Gasteiger partial charge in [-0.2, -0.15) is 0 Å². The predicted octanol–water partition coefficient (Wildman–Crippen LogP) is 1.22. The third kappa shape index (κ3) is 6.76. The number of nitrogens with one attached hydrogen (secondary N) is 1. The Morgan fingerprint density at radius 1 is 1.38 bits per heavy atom. The van der Waals surface area contributed by atoms with Crippen LogP contribution < -0.4 is 15.8 Å². The lowest BCUT2D eigenvalue weighted by atomic mass is 10.2. The van der Waals surface area contributed by atoms with Gasteiger partial charge in [0.15, 0.2) is 6.61 Å². The van der Waals surface area contributed by atoms with Crippen LogP contribution in [0.15, 0.2) is 24.3 Å². The number of hydrogen-bond acceptors (Lipinski definition) is 4. The molecule has 0 aliphatic heterocycles. The van der Waals surface area contributed by atoms with Gasteiger partial charge >= 0.3 is 0 Å². The quantitative estimate of drug-likeness (QED) is 0.791. The summed E-state index contributed by atoms with van der Waals surface area (Å²) in [6.07, 6.45) is 1.02. The number of nitrogens with two attached hydrogens (primary N) is 1. The normalized spacial score (nSPS) is 11.6. The van der Waals surface area contributed by atoms with Crippen molar-refractivity contribution in [2.45, 2.75) is 25.8 Å². The Morgan fingerprint density at radius 2 is 2.10 bits per heavy atom. The molecular formula is C15H23N3O3. The molecule has 0 bridgehead atoms. The number of carbonyl (C=O) groups is 2. The SMILES string of the molecule is CC(N)CCC(=O)Nc1cccc(OCC(=O)N(C)C)c1. The minimum absolute atomic E-state index is 0.00228. The molecule has 1 rings (SSSR count). The third-order valence-electron chi connectivity index (χ3n) is 2.81. The Labute approximate surface area is 125 Å². The van der Waals surface area contributed by atoms with Crippen LogP contribution in [0.5, 0.6) is 5.75 Å². The third-order valence-corrected chi connectivity index (χ3v) is 2.81. The topological polar surface area (TPSA) is 84.7 Å². The van der Waals surface area contributed by atoms with E-state index in [9.17, 15) is 9.59 Å². The molecule has 1 unspecified atom stereocenters. The Kier molecular flexibility index (Phi) is 6.68. The lowest BCUT2D eigenvalue weighted by molar-refractivity contribution is -0.130. The van der Waals surface area contributed by atoms with Crippen LogP contribution in [-0.2, 0) is 9.59 Å². The molecule has 0 fully saturated rings. The molecular weight excluding hydrogens is 270 g/mol. The fraction of sp³-hybridized carbons (Fsp3) is 0.467.